The Kier molecular flexibility index (Phi) is 6.02. The van der Waals surface area contributed by atoms with Gasteiger partial charge >= 0.3 is 0 Å². The third kappa shape index (κ3) is 5.00. The van der Waals surface area contributed by atoms with E-state index in [-0.39, 0.29) is 28.8 Å². The lowest BCUT2D eigenvalue weighted by molar-refractivity contribution is -0.115. The Morgan fingerprint density at radius 2 is 1.97 bits per heavy atom. The average molecular weight is 434 g/mol. The van der Waals surface area contributed by atoms with Crippen LogP contribution in [0.1, 0.15) is 31.2 Å². The number of benzene rings is 2. The van der Waals surface area contributed by atoms with Crippen LogP contribution >= 0.6 is 11.6 Å². The number of carbonyl (C=O) groups is 1. The lowest BCUT2D eigenvalue weighted by Crippen LogP contribution is -2.18. The molecule has 1 aromatic heterocycles. The summed E-state index contributed by atoms with van der Waals surface area (Å²) < 4.78 is 25.6. The number of hydrogen-bond donors (Lipinski definition) is 2. The van der Waals surface area contributed by atoms with E-state index >= 15 is 0 Å². The molecule has 0 fully saturated rings. The zero-order valence-electron chi connectivity index (χ0n) is 15.8. The molecule has 8 nitrogen and oxygen atoms in total. The summed E-state index contributed by atoms with van der Waals surface area (Å²) in [5.74, 6) is 0.314. The molecule has 2 aromatic carbocycles. The number of nitrogens with zero attached hydrogens (tertiary/aromatic N) is 3. The number of rotatable bonds is 6. The average Bonchev–Trinajstić information content (AvgIpc) is 3.13. The van der Waals surface area contributed by atoms with Crippen LogP contribution in [0.15, 0.2) is 53.7 Å². The number of primary sulfonamides is 1. The predicted octanol–water partition coefficient (Wildman–Crippen LogP) is 2.87. The third-order valence-corrected chi connectivity index (χ3v) is 5.44. The molecule has 10 heteroatoms. The molecule has 0 spiro atoms. The Balaban J connectivity index is 1.89. The van der Waals surface area contributed by atoms with Crippen LogP contribution in [0.2, 0.25) is 5.02 Å². The van der Waals surface area contributed by atoms with E-state index < -0.39 is 10.0 Å². The Hall–Kier alpha value is -2.75. The van der Waals surface area contributed by atoms with Crippen molar-refractivity contribution >= 4 is 33.2 Å². The van der Waals surface area contributed by atoms with Crippen molar-refractivity contribution in [3.05, 3.63) is 65.2 Å². The highest BCUT2D eigenvalue weighted by molar-refractivity contribution is 7.89. The molecule has 3 rings (SSSR count). The molecule has 1 heterocycles. The first-order chi connectivity index (χ1) is 13.6. The van der Waals surface area contributed by atoms with E-state index in [1.807, 2.05) is 13.8 Å². The number of sulfonamides is 1. The molecule has 0 bridgehead atoms. The maximum Gasteiger partial charge on any atom is 0.240 e. The Morgan fingerprint density at radius 1 is 1.24 bits per heavy atom. The highest BCUT2D eigenvalue weighted by Gasteiger charge is 2.19. The summed E-state index contributed by atoms with van der Waals surface area (Å²) in [7, 11) is -4.08. The fourth-order valence-corrected chi connectivity index (χ4v) is 3.63. The van der Waals surface area contributed by atoms with Crippen molar-refractivity contribution in [1.82, 2.24) is 14.8 Å². The minimum atomic E-state index is -4.08. The van der Waals surface area contributed by atoms with E-state index in [1.54, 1.807) is 30.3 Å². The first-order valence-electron chi connectivity index (χ1n) is 8.77. The van der Waals surface area contributed by atoms with Gasteiger partial charge in [0.15, 0.2) is 5.82 Å². The summed E-state index contributed by atoms with van der Waals surface area (Å²) in [6.07, 6.45) is 1.47. The quantitative estimate of drug-likeness (QED) is 0.619. The van der Waals surface area contributed by atoms with Gasteiger partial charge in [-0.05, 0) is 29.8 Å². The number of carbonyl (C=O) groups excluding carboxylic acids is 1. The van der Waals surface area contributed by atoms with Crippen molar-refractivity contribution < 1.29 is 13.2 Å². The van der Waals surface area contributed by atoms with Gasteiger partial charge in [0.2, 0.25) is 15.9 Å². The molecule has 0 saturated heterocycles. The van der Waals surface area contributed by atoms with Gasteiger partial charge in [-0.1, -0.05) is 43.6 Å². The summed E-state index contributed by atoms with van der Waals surface area (Å²) in [4.78, 5) is 16.4. The first-order valence-corrected chi connectivity index (χ1v) is 10.7. The number of nitrogens with one attached hydrogen (secondary N) is 1. The smallest absolute Gasteiger partial charge is 0.240 e. The van der Waals surface area contributed by atoms with Crippen LogP contribution < -0.4 is 10.5 Å². The van der Waals surface area contributed by atoms with Gasteiger partial charge in [0.25, 0.3) is 0 Å². The second-order valence-corrected chi connectivity index (χ2v) is 8.68. The SMILES string of the molecule is CC(C)c1ncn(-c2ccc(NC(=O)Cc3ccccc3Cl)cc2S(N)(=O)=O)n1. The topological polar surface area (TPSA) is 120 Å². The van der Waals surface area contributed by atoms with Crippen molar-refractivity contribution in [3.8, 4) is 5.69 Å². The van der Waals surface area contributed by atoms with Gasteiger partial charge < -0.3 is 5.32 Å². The Labute approximate surface area is 173 Å². The number of aromatic nitrogens is 3. The van der Waals surface area contributed by atoms with Crippen LogP contribution in [-0.2, 0) is 21.2 Å². The number of hydrogen-bond acceptors (Lipinski definition) is 5. The first kappa shape index (κ1) is 21.0. The molecule has 3 N–H and O–H groups in total. The summed E-state index contributed by atoms with van der Waals surface area (Å²) in [5, 5.41) is 12.8. The molecular formula is C19H20ClN5O3S. The minimum Gasteiger partial charge on any atom is -0.326 e. The third-order valence-electron chi connectivity index (χ3n) is 4.13. The summed E-state index contributed by atoms with van der Waals surface area (Å²) in [5.41, 5.74) is 1.20. The maximum absolute atomic E-state index is 12.4. The largest absolute Gasteiger partial charge is 0.326 e. The van der Waals surface area contributed by atoms with Crippen molar-refractivity contribution in [2.45, 2.75) is 31.1 Å². The molecule has 1 amide bonds. The maximum atomic E-state index is 12.4. The molecule has 0 aliphatic carbocycles. The fraction of sp³-hybridized carbons (Fsp3) is 0.211. The zero-order chi connectivity index (χ0) is 21.2. The molecule has 0 saturated carbocycles. The van der Waals surface area contributed by atoms with E-state index in [2.05, 4.69) is 15.4 Å². The molecule has 0 aliphatic rings. The molecule has 0 radical (unpaired) electrons. The molecule has 29 heavy (non-hydrogen) atoms. The van der Waals surface area contributed by atoms with Gasteiger partial charge in [-0.25, -0.2) is 23.2 Å². The van der Waals surface area contributed by atoms with E-state index in [0.29, 0.717) is 22.1 Å². The predicted molar refractivity (Wildman–Crippen MR) is 111 cm³/mol. The lowest BCUT2D eigenvalue weighted by atomic mass is 10.1. The van der Waals surface area contributed by atoms with Gasteiger partial charge in [0.1, 0.15) is 11.2 Å². The van der Waals surface area contributed by atoms with Crippen LogP contribution in [0.25, 0.3) is 5.69 Å². The molecule has 3 aromatic rings. The Morgan fingerprint density at radius 3 is 2.59 bits per heavy atom. The zero-order valence-corrected chi connectivity index (χ0v) is 17.4. The van der Waals surface area contributed by atoms with Gasteiger partial charge in [-0.15, -0.1) is 0 Å². The standard InChI is InChI=1S/C19H20ClN5O3S/c1-12(2)19-22-11-25(24-19)16-8-7-14(10-17(16)29(21,27)28)23-18(26)9-13-5-3-4-6-15(13)20/h3-8,10-12H,9H2,1-2H3,(H,23,26)(H2,21,27,28). The second kappa shape index (κ2) is 8.32. The van der Waals surface area contributed by atoms with Crippen LogP contribution in [0.3, 0.4) is 0 Å². The monoisotopic (exact) mass is 433 g/mol. The van der Waals surface area contributed by atoms with Gasteiger partial charge in [-0.2, -0.15) is 5.10 Å². The van der Waals surface area contributed by atoms with Crippen molar-refractivity contribution in [2.24, 2.45) is 5.14 Å². The summed E-state index contributed by atoms with van der Waals surface area (Å²) in [6.45, 7) is 3.86. The minimum absolute atomic E-state index is 0.0486. The fourth-order valence-electron chi connectivity index (χ4n) is 2.69. The van der Waals surface area contributed by atoms with E-state index in [9.17, 15) is 13.2 Å². The van der Waals surface area contributed by atoms with Gasteiger partial charge in [-0.3, -0.25) is 4.79 Å². The summed E-state index contributed by atoms with van der Waals surface area (Å²) in [6, 6.07) is 11.4. The van der Waals surface area contributed by atoms with Crippen LogP contribution in [0.4, 0.5) is 5.69 Å². The lowest BCUT2D eigenvalue weighted by Gasteiger charge is -2.11. The molecule has 0 atom stereocenters. The van der Waals surface area contributed by atoms with Crippen molar-refractivity contribution in [1.29, 1.82) is 0 Å². The van der Waals surface area contributed by atoms with Crippen LogP contribution in [0.5, 0.6) is 0 Å². The number of halogens is 1. The molecule has 0 unspecified atom stereocenters. The van der Waals surface area contributed by atoms with E-state index in [4.69, 9.17) is 16.7 Å². The Bertz CT molecular complexity index is 1160. The van der Waals surface area contributed by atoms with E-state index in [1.165, 1.54) is 23.1 Å². The highest BCUT2D eigenvalue weighted by atomic mass is 35.5. The highest BCUT2D eigenvalue weighted by Crippen LogP contribution is 2.24. The normalized spacial score (nSPS) is 11.6. The molecular weight excluding hydrogens is 414 g/mol. The van der Waals surface area contributed by atoms with Crippen LogP contribution in [0, 0.1) is 0 Å². The number of nitrogens with two attached hydrogens (primary N) is 1. The number of amides is 1. The van der Waals surface area contributed by atoms with Crippen molar-refractivity contribution in [2.75, 3.05) is 5.32 Å². The summed E-state index contributed by atoms with van der Waals surface area (Å²) >= 11 is 6.08. The second-order valence-electron chi connectivity index (χ2n) is 6.75. The number of anilines is 1. The van der Waals surface area contributed by atoms with Crippen LogP contribution in [-0.4, -0.2) is 29.1 Å². The van der Waals surface area contributed by atoms with Crippen molar-refractivity contribution in [3.63, 3.8) is 0 Å². The van der Waals surface area contributed by atoms with E-state index in [0.717, 1.165) is 0 Å². The van der Waals surface area contributed by atoms with Gasteiger partial charge in [0.05, 0.1) is 12.1 Å². The molecule has 0 aliphatic heterocycles. The molecule has 152 valence electrons. The van der Waals surface area contributed by atoms with Gasteiger partial charge in [0, 0.05) is 16.6 Å².